The minimum absolute atomic E-state index is 0.0472. The average Bonchev–Trinajstić information content (AvgIpc) is 2.47. The van der Waals surface area contributed by atoms with E-state index >= 15 is 0 Å². The zero-order valence-corrected chi connectivity index (χ0v) is 15.2. The normalized spacial score (nSPS) is 11.9. The highest BCUT2D eigenvalue weighted by Gasteiger charge is 2.14. The number of rotatable bonds is 9. The maximum Gasteiger partial charge on any atom is 0.224 e. The minimum atomic E-state index is -3.21. The van der Waals surface area contributed by atoms with Crippen molar-refractivity contribution >= 4 is 21.6 Å². The van der Waals surface area contributed by atoms with Crippen LogP contribution in [-0.2, 0) is 14.8 Å². The van der Waals surface area contributed by atoms with E-state index in [2.05, 4.69) is 23.9 Å². The van der Waals surface area contributed by atoms with Crippen LogP contribution in [0.5, 0.6) is 0 Å². The second kappa shape index (κ2) is 9.03. The largest absolute Gasteiger partial charge is 0.326 e. The van der Waals surface area contributed by atoms with E-state index in [1.165, 1.54) is 5.56 Å². The number of carbonyl (C=O) groups excluding carboxylic acids is 1. The molecule has 1 aromatic carbocycles. The summed E-state index contributed by atoms with van der Waals surface area (Å²) in [6.07, 6.45) is 1.68. The molecule has 0 fully saturated rings. The van der Waals surface area contributed by atoms with Crippen LogP contribution in [0.4, 0.5) is 5.69 Å². The van der Waals surface area contributed by atoms with Crippen molar-refractivity contribution in [3.05, 3.63) is 29.8 Å². The molecule has 0 aliphatic carbocycles. The van der Waals surface area contributed by atoms with Gasteiger partial charge in [0.05, 0.1) is 5.25 Å². The molecule has 0 unspecified atom stereocenters. The first-order chi connectivity index (χ1) is 10.7. The maximum absolute atomic E-state index is 11.8. The summed E-state index contributed by atoms with van der Waals surface area (Å²) in [6.45, 7) is 7.90. The fourth-order valence-corrected chi connectivity index (χ4v) is 2.73. The van der Waals surface area contributed by atoms with E-state index in [0.29, 0.717) is 31.7 Å². The summed E-state index contributed by atoms with van der Waals surface area (Å²) in [5, 5.41) is 2.42. The molecule has 5 nitrogen and oxygen atoms in total. The smallest absolute Gasteiger partial charge is 0.224 e. The third kappa shape index (κ3) is 7.14. The summed E-state index contributed by atoms with van der Waals surface area (Å²) in [6, 6.07) is 7.84. The molecule has 0 aliphatic rings. The summed E-state index contributed by atoms with van der Waals surface area (Å²) in [5.41, 5.74) is 2.03. The number of sulfonamides is 1. The predicted molar refractivity (Wildman–Crippen MR) is 95.1 cm³/mol. The maximum atomic E-state index is 11.8. The van der Waals surface area contributed by atoms with E-state index in [1.807, 2.05) is 24.3 Å². The molecule has 0 aliphatic heterocycles. The van der Waals surface area contributed by atoms with Gasteiger partial charge in [-0.3, -0.25) is 4.79 Å². The second-order valence-corrected chi connectivity index (χ2v) is 8.59. The number of hydrogen-bond acceptors (Lipinski definition) is 3. The first-order valence-corrected chi connectivity index (χ1v) is 9.65. The molecule has 0 saturated carbocycles. The fourth-order valence-electron chi connectivity index (χ4n) is 1.97. The van der Waals surface area contributed by atoms with Gasteiger partial charge < -0.3 is 5.32 Å². The molecule has 1 amide bonds. The monoisotopic (exact) mass is 340 g/mol. The standard InChI is InChI=1S/C17H28N2O3S/c1-13(2)15-8-10-16(11-9-15)19-17(20)7-5-6-12-18-23(21,22)14(3)4/h8-11,13-14,18H,5-7,12H2,1-4H3,(H,19,20). The lowest BCUT2D eigenvalue weighted by Gasteiger charge is -2.10. The van der Waals surface area contributed by atoms with Gasteiger partial charge in [-0.2, -0.15) is 0 Å². The van der Waals surface area contributed by atoms with Crippen LogP contribution in [0.2, 0.25) is 0 Å². The van der Waals surface area contributed by atoms with E-state index < -0.39 is 15.3 Å². The number of anilines is 1. The molecule has 0 spiro atoms. The van der Waals surface area contributed by atoms with Crippen LogP contribution in [0.3, 0.4) is 0 Å². The number of hydrogen-bond donors (Lipinski definition) is 2. The molecular formula is C17H28N2O3S. The van der Waals surface area contributed by atoms with Gasteiger partial charge in [0.2, 0.25) is 15.9 Å². The van der Waals surface area contributed by atoms with Gasteiger partial charge in [0.1, 0.15) is 0 Å². The first kappa shape index (κ1) is 19.6. The van der Waals surface area contributed by atoms with E-state index in [4.69, 9.17) is 0 Å². The van der Waals surface area contributed by atoms with Crippen LogP contribution in [0.1, 0.15) is 58.4 Å². The molecule has 0 radical (unpaired) electrons. The molecule has 130 valence electrons. The molecule has 6 heteroatoms. The van der Waals surface area contributed by atoms with Crippen molar-refractivity contribution in [2.75, 3.05) is 11.9 Å². The lowest BCUT2D eigenvalue weighted by atomic mass is 10.0. The van der Waals surface area contributed by atoms with E-state index in [-0.39, 0.29) is 5.91 Å². The Balaban J connectivity index is 2.27. The Labute approximate surface area is 139 Å². The second-order valence-electron chi connectivity index (χ2n) is 6.27. The molecule has 0 aromatic heterocycles. The Bertz CT molecular complexity index is 593. The summed E-state index contributed by atoms with van der Waals surface area (Å²) in [5.74, 6) is 0.420. The highest BCUT2D eigenvalue weighted by molar-refractivity contribution is 7.90. The zero-order valence-electron chi connectivity index (χ0n) is 14.4. The number of benzene rings is 1. The molecule has 1 aromatic rings. The van der Waals surface area contributed by atoms with Gasteiger partial charge in [0, 0.05) is 18.7 Å². The lowest BCUT2D eigenvalue weighted by molar-refractivity contribution is -0.116. The van der Waals surface area contributed by atoms with Crippen molar-refractivity contribution in [2.45, 2.75) is 58.1 Å². The summed E-state index contributed by atoms with van der Waals surface area (Å²) < 4.78 is 25.6. The van der Waals surface area contributed by atoms with E-state index in [0.717, 1.165) is 5.69 Å². The first-order valence-electron chi connectivity index (χ1n) is 8.10. The van der Waals surface area contributed by atoms with Crippen molar-refractivity contribution in [3.63, 3.8) is 0 Å². The summed E-state index contributed by atoms with van der Waals surface area (Å²) >= 11 is 0. The Hall–Kier alpha value is -1.40. The summed E-state index contributed by atoms with van der Waals surface area (Å²) in [4.78, 5) is 11.8. The van der Waals surface area contributed by atoms with Crippen molar-refractivity contribution < 1.29 is 13.2 Å². The van der Waals surface area contributed by atoms with E-state index in [9.17, 15) is 13.2 Å². The molecule has 0 bridgehead atoms. The Morgan fingerprint density at radius 3 is 2.17 bits per heavy atom. The van der Waals surface area contributed by atoms with Gasteiger partial charge in [-0.05, 0) is 50.3 Å². The number of unbranched alkanes of at least 4 members (excludes halogenated alkanes) is 1. The van der Waals surface area contributed by atoms with Gasteiger partial charge in [-0.15, -0.1) is 0 Å². The van der Waals surface area contributed by atoms with Gasteiger partial charge in [-0.1, -0.05) is 26.0 Å². The van der Waals surface area contributed by atoms with Crippen LogP contribution in [0.15, 0.2) is 24.3 Å². The average molecular weight is 340 g/mol. The number of carbonyl (C=O) groups is 1. The molecule has 1 rings (SSSR count). The van der Waals surface area contributed by atoms with Gasteiger partial charge in [0.25, 0.3) is 0 Å². The highest BCUT2D eigenvalue weighted by Crippen LogP contribution is 2.17. The fraction of sp³-hybridized carbons (Fsp3) is 0.588. The molecule has 0 atom stereocenters. The molecule has 2 N–H and O–H groups in total. The van der Waals surface area contributed by atoms with Crippen LogP contribution >= 0.6 is 0 Å². The SMILES string of the molecule is CC(C)c1ccc(NC(=O)CCCCNS(=O)(=O)C(C)C)cc1. The lowest BCUT2D eigenvalue weighted by Crippen LogP contribution is -2.31. The van der Waals surface area contributed by atoms with Crippen molar-refractivity contribution in [2.24, 2.45) is 0 Å². The van der Waals surface area contributed by atoms with Crippen LogP contribution in [-0.4, -0.2) is 26.1 Å². The third-order valence-corrected chi connectivity index (χ3v) is 5.46. The quantitative estimate of drug-likeness (QED) is 0.678. The van der Waals surface area contributed by atoms with Gasteiger partial charge in [0.15, 0.2) is 0 Å². The van der Waals surface area contributed by atoms with Crippen molar-refractivity contribution in [1.29, 1.82) is 0 Å². The Kier molecular flexibility index (Phi) is 7.72. The van der Waals surface area contributed by atoms with E-state index in [1.54, 1.807) is 13.8 Å². The van der Waals surface area contributed by atoms with Crippen LogP contribution in [0, 0.1) is 0 Å². The molecular weight excluding hydrogens is 312 g/mol. The number of amides is 1. The van der Waals surface area contributed by atoms with Gasteiger partial charge in [-0.25, -0.2) is 13.1 Å². The van der Waals surface area contributed by atoms with Crippen molar-refractivity contribution in [1.82, 2.24) is 4.72 Å². The van der Waals surface area contributed by atoms with Gasteiger partial charge >= 0.3 is 0 Å². The highest BCUT2D eigenvalue weighted by atomic mass is 32.2. The Morgan fingerprint density at radius 2 is 1.65 bits per heavy atom. The zero-order chi connectivity index (χ0) is 17.5. The van der Waals surface area contributed by atoms with Crippen LogP contribution < -0.4 is 10.0 Å². The Morgan fingerprint density at radius 1 is 1.04 bits per heavy atom. The third-order valence-electron chi connectivity index (χ3n) is 3.62. The topological polar surface area (TPSA) is 75.3 Å². The predicted octanol–water partition coefficient (Wildman–Crippen LogP) is 3.25. The van der Waals surface area contributed by atoms with Crippen LogP contribution in [0.25, 0.3) is 0 Å². The molecule has 0 heterocycles. The van der Waals surface area contributed by atoms with Crippen molar-refractivity contribution in [3.8, 4) is 0 Å². The summed E-state index contributed by atoms with van der Waals surface area (Å²) in [7, 11) is -3.21. The number of nitrogens with one attached hydrogen (secondary N) is 2. The molecule has 0 saturated heterocycles. The molecule has 23 heavy (non-hydrogen) atoms. The minimum Gasteiger partial charge on any atom is -0.326 e.